The van der Waals surface area contributed by atoms with Crippen molar-refractivity contribution < 1.29 is 13.5 Å². The predicted molar refractivity (Wildman–Crippen MR) is 40.8 cm³/mol. The van der Waals surface area contributed by atoms with Gasteiger partial charge in [-0.3, -0.25) is 0 Å². The van der Waals surface area contributed by atoms with Crippen LogP contribution < -0.4 is 10.9 Å². The Kier molecular flexibility index (Phi) is 3.90. The number of rotatable bonds is 4. The molecule has 0 spiro atoms. The Balaban J connectivity index is 3.98. The quantitative estimate of drug-likeness (QED) is 0.445. The lowest BCUT2D eigenvalue weighted by Crippen LogP contribution is -2.40. The summed E-state index contributed by atoms with van der Waals surface area (Å²) in [5.74, 6) is 0. The van der Waals surface area contributed by atoms with Crippen LogP contribution in [0.15, 0.2) is 0 Å². The maximum Gasteiger partial charge on any atom is 0.276 e. The van der Waals surface area contributed by atoms with Crippen LogP contribution in [0.5, 0.6) is 0 Å². The Hall–Kier alpha value is -0.210. The lowest BCUT2D eigenvalue weighted by atomic mass is 10.4. The highest BCUT2D eigenvalue weighted by atomic mass is 32.2. The van der Waals surface area contributed by atoms with E-state index >= 15 is 0 Å². The summed E-state index contributed by atoms with van der Waals surface area (Å²) >= 11 is 0. The van der Waals surface area contributed by atoms with Crippen LogP contribution >= 0.6 is 0 Å². The molecular formula is C4H13N3O3S. The Labute approximate surface area is 66.0 Å². The molecule has 5 N–H and O–H groups in total. The largest absolute Gasteiger partial charge is 0.390 e. The van der Waals surface area contributed by atoms with Gasteiger partial charge in [0.25, 0.3) is 10.2 Å². The van der Waals surface area contributed by atoms with E-state index in [0.29, 0.717) is 0 Å². The van der Waals surface area contributed by atoms with Crippen LogP contribution in [-0.4, -0.2) is 44.1 Å². The van der Waals surface area contributed by atoms with Crippen LogP contribution in [0, 0.1) is 0 Å². The van der Waals surface area contributed by atoms with Crippen molar-refractivity contribution in [1.82, 2.24) is 4.31 Å². The first-order valence-corrected chi connectivity index (χ1v) is 4.50. The second kappa shape index (κ2) is 3.98. The third-order valence-electron chi connectivity index (χ3n) is 1.17. The molecule has 6 nitrogen and oxygen atoms in total. The molecule has 1 atom stereocenters. The van der Waals surface area contributed by atoms with E-state index in [1.165, 1.54) is 7.05 Å². The van der Waals surface area contributed by atoms with E-state index in [9.17, 15) is 8.42 Å². The summed E-state index contributed by atoms with van der Waals surface area (Å²) in [6, 6.07) is 0. The molecule has 11 heavy (non-hydrogen) atoms. The van der Waals surface area contributed by atoms with Crippen LogP contribution in [0.4, 0.5) is 0 Å². The number of aliphatic hydroxyl groups is 1. The van der Waals surface area contributed by atoms with Gasteiger partial charge < -0.3 is 10.8 Å². The van der Waals surface area contributed by atoms with Gasteiger partial charge in [0.15, 0.2) is 0 Å². The number of hydrogen-bond donors (Lipinski definition) is 3. The van der Waals surface area contributed by atoms with Gasteiger partial charge in [-0.25, -0.2) is 5.14 Å². The fourth-order valence-electron chi connectivity index (χ4n) is 0.475. The van der Waals surface area contributed by atoms with E-state index < -0.39 is 16.3 Å². The molecule has 0 amide bonds. The van der Waals surface area contributed by atoms with Crippen LogP contribution in [0.25, 0.3) is 0 Å². The van der Waals surface area contributed by atoms with Gasteiger partial charge in [0, 0.05) is 20.1 Å². The highest BCUT2D eigenvalue weighted by Gasteiger charge is 2.14. The lowest BCUT2D eigenvalue weighted by Gasteiger charge is -2.16. The van der Waals surface area contributed by atoms with Gasteiger partial charge in [0.05, 0.1) is 6.10 Å². The summed E-state index contributed by atoms with van der Waals surface area (Å²) in [6.07, 6.45) is -0.863. The molecule has 0 bridgehead atoms. The highest BCUT2D eigenvalue weighted by Crippen LogP contribution is 1.91. The normalized spacial score (nSPS) is 15.4. The summed E-state index contributed by atoms with van der Waals surface area (Å²) < 4.78 is 21.9. The second-order valence-corrected chi connectivity index (χ2v) is 3.87. The number of hydrogen-bond acceptors (Lipinski definition) is 4. The average Bonchev–Trinajstić information content (AvgIpc) is 1.85. The minimum Gasteiger partial charge on any atom is -0.390 e. The van der Waals surface area contributed by atoms with Crippen molar-refractivity contribution in [2.45, 2.75) is 6.10 Å². The van der Waals surface area contributed by atoms with E-state index in [1.807, 2.05) is 0 Å². The molecule has 68 valence electrons. The summed E-state index contributed by atoms with van der Waals surface area (Å²) in [6.45, 7) is -0.0603. The van der Waals surface area contributed by atoms with Crippen molar-refractivity contribution in [3.05, 3.63) is 0 Å². The van der Waals surface area contributed by atoms with Gasteiger partial charge in [-0.2, -0.15) is 12.7 Å². The molecule has 0 rings (SSSR count). The molecule has 1 unspecified atom stereocenters. The van der Waals surface area contributed by atoms with Gasteiger partial charge in [-0.05, 0) is 0 Å². The number of aliphatic hydroxyl groups excluding tert-OH is 1. The second-order valence-electron chi connectivity index (χ2n) is 2.21. The maximum atomic E-state index is 10.5. The van der Waals surface area contributed by atoms with E-state index in [-0.39, 0.29) is 13.1 Å². The summed E-state index contributed by atoms with van der Waals surface area (Å²) in [7, 11) is -2.42. The molecule has 0 aromatic heterocycles. The first-order chi connectivity index (χ1) is 4.88. The van der Waals surface area contributed by atoms with Crippen LogP contribution in [0.2, 0.25) is 0 Å². The van der Waals surface area contributed by atoms with Crippen molar-refractivity contribution in [1.29, 1.82) is 0 Å². The highest BCUT2D eigenvalue weighted by molar-refractivity contribution is 7.86. The van der Waals surface area contributed by atoms with Gasteiger partial charge in [-0.1, -0.05) is 0 Å². The van der Waals surface area contributed by atoms with E-state index in [1.54, 1.807) is 0 Å². The summed E-state index contributed by atoms with van der Waals surface area (Å²) in [5.41, 5.74) is 5.05. The monoisotopic (exact) mass is 183 g/mol. The van der Waals surface area contributed by atoms with E-state index in [2.05, 4.69) is 0 Å². The molecule has 0 fully saturated rings. The smallest absolute Gasteiger partial charge is 0.276 e. The number of likely N-dealkylation sites (N-methyl/N-ethyl adjacent to an activating group) is 1. The molecule has 0 aliphatic rings. The zero-order valence-electron chi connectivity index (χ0n) is 6.27. The van der Waals surface area contributed by atoms with Crippen molar-refractivity contribution >= 4 is 10.2 Å². The Morgan fingerprint density at radius 2 is 2.09 bits per heavy atom. The van der Waals surface area contributed by atoms with E-state index in [4.69, 9.17) is 16.0 Å². The van der Waals surface area contributed by atoms with Gasteiger partial charge in [-0.15, -0.1) is 0 Å². The summed E-state index contributed by atoms with van der Waals surface area (Å²) in [5, 5.41) is 13.6. The SMILES string of the molecule is CN(CC(O)CN)S(N)(=O)=O. The van der Waals surface area contributed by atoms with Crippen molar-refractivity contribution in [3.63, 3.8) is 0 Å². The number of nitrogens with two attached hydrogens (primary N) is 2. The van der Waals surface area contributed by atoms with Crippen LogP contribution in [0.3, 0.4) is 0 Å². The van der Waals surface area contributed by atoms with Crippen LogP contribution in [-0.2, 0) is 10.2 Å². The molecular weight excluding hydrogens is 170 g/mol. The third kappa shape index (κ3) is 4.27. The Bertz CT molecular complexity index is 203. The first-order valence-electron chi connectivity index (χ1n) is 3.00. The zero-order chi connectivity index (χ0) is 9.07. The summed E-state index contributed by atoms with van der Waals surface area (Å²) in [4.78, 5) is 0. The molecule has 0 aliphatic heterocycles. The molecule has 0 aliphatic carbocycles. The zero-order valence-corrected chi connectivity index (χ0v) is 7.08. The topological polar surface area (TPSA) is 110 Å². The molecule has 0 saturated carbocycles. The predicted octanol–water partition coefficient (Wildman–Crippen LogP) is -2.56. The number of nitrogens with zero attached hydrogens (tertiary/aromatic N) is 1. The van der Waals surface area contributed by atoms with Gasteiger partial charge >= 0.3 is 0 Å². The third-order valence-corrected chi connectivity index (χ3v) is 2.19. The molecule has 0 aromatic carbocycles. The molecule has 7 heteroatoms. The minimum atomic E-state index is -3.69. The Morgan fingerprint density at radius 3 is 2.36 bits per heavy atom. The van der Waals surface area contributed by atoms with E-state index in [0.717, 1.165) is 4.31 Å². The minimum absolute atomic E-state index is 0.0138. The maximum absolute atomic E-state index is 10.5. The molecule has 0 saturated heterocycles. The van der Waals surface area contributed by atoms with Crippen molar-refractivity contribution in [2.75, 3.05) is 20.1 Å². The average molecular weight is 183 g/mol. The lowest BCUT2D eigenvalue weighted by molar-refractivity contribution is 0.160. The molecule has 0 heterocycles. The van der Waals surface area contributed by atoms with Gasteiger partial charge in [0.1, 0.15) is 0 Å². The first kappa shape index (κ1) is 10.8. The molecule has 0 radical (unpaired) electrons. The van der Waals surface area contributed by atoms with Crippen molar-refractivity contribution in [2.24, 2.45) is 10.9 Å². The fraction of sp³-hybridized carbons (Fsp3) is 1.00. The Morgan fingerprint density at radius 1 is 1.64 bits per heavy atom. The van der Waals surface area contributed by atoms with Crippen molar-refractivity contribution in [3.8, 4) is 0 Å². The van der Waals surface area contributed by atoms with Gasteiger partial charge in [0.2, 0.25) is 0 Å². The fourth-order valence-corrected chi connectivity index (χ4v) is 0.855. The standard InChI is InChI=1S/C4H13N3O3S/c1-7(11(6,9)10)3-4(8)2-5/h4,8H,2-3,5H2,1H3,(H2,6,9,10). The molecule has 0 aromatic rings. The van der Waals surface area contributed by atoms with Crippen LogP contribution in [0.1, 0.15) is 0 Å².